The Labute approximate surface area is 146 Å². The van der Waals surface area contributed by atoms with E-state index in [9.17, 15) is 17.6 Å². The zero-order valence-electron chi connectivity index (χ0n) is 13.1. The van der Waals surface area contributed by atoms with Gasteiger partial charge >= 0.3 is 0 Å². The Morgan fingerprint density at radius 1 is 0.840 bits per heavy atom. The van der Waals surface area contributed by atoms with Crippen LogP contribution in [-0.4, -0.2) is 4.98 Å². The molecule has 0 spiro atoms. The number of hydrogen-bond acceptors (Lipinski definition) is 2. The molecule has 0 aliphatic rings. The van der Waals surface area contributed by atoms with Crippen molar-refractivity contribution in [1.82, 2.24) is 4.98 Å². The summed E-state index contributed by atoms with van der Waals surface area (Å²) in [6, 6.07) is 7.97. The third kappa shape index (κ3) is 4.02. The molecule has 1 nitrogen and oxygen atoms in total. The minimum atomic E-state index is -0.733. The summed E-state index contributed by atoms with van der Waals surface area (Å²) in [6.45, 7) is 1.81. The van der Waals surface area contributed by atoms with Crippen LogP contribution < -0.4 is 0 Å². The first-order chi connectivity index (χ1) is 11.9. The van der Waals surface area contributed by atoms with E-state index in [1.54, 1.807) is 18.5 Å². The van der Waals surface area contributed by atoms with Crippen LogP contribution in [-0.2, 0) is 0 Å². The molecule has 25 heavy (non-hydrogen) atoms. The molecule has 0 fully saturated rings. The van der Waals surface area contributed by atoms with Crippen LogP contribution in [0.1, 0.15) is 21.9 Å². The molecule has 1 heterocycles. The van der Waals surface area contributed by atoms with Crippen molar-refractivity contribution in [2.75, 3.05) is 0 Å². The van der Waals surface area contributed by atoms with Gasteiger partial charge in [-0.2, -0.15) is 0 Å². The van der Waals surface area contributed by atoms with Gasteiger partial charge in [0.1, 0.15) is 23.3 Å². The van der Waals surface area contributed by atoms with Crippen molar-refractivity contribution in [3.63, 3.8) is 0 Å². The maximum atomic E-state index is 14.3. The fourth-order valence-corrected chi connectivity index (χ4v) is 3.81. The Hall–Kier alpha value is -2.34. The highest BCUT2D eigenvalue weighted by molar-refractivity contribution is 7.99. The van der Waals surface area contributed by atoms with Crippen LogP contribution in [0.15, 0.2) is 59.8 Å². The van der Waals surface area contributed by atoms with Crippen molar-refractivity contribution in [3.8, 4) is 0 Å². The second-order valence-electron chi connectivity index (χ2n) is 5.50. The molecule has 0 N–H and O–H groups in total. The molecule has 0 saturated heterocycles. The van der Waals surface area contributed by atoms with E-state index in [0.29, 0.717) is 5.56 Å². The van der Waals surface area contributed by atoms with Gasteiger partial charge in [0.2, 0.25) is 0 Å². The van der Waals surface area contributed by atoms with Gasteiger partial charge in [-0.3, -0.25) is 4.98 Å². The summed E-state index contributed by atoms with van der Waals surface area (Å²) in [4.78, 5) is 4.32. The van der Waals surface area contributed by atoms with Gasteiger partial charge in [-0.25, -0.2) is 17.6 Å². The van der Waals surface area contributed by atoms with E-state index in [0.717, 1.165) is 53.7 Å². The van der Waals surface area contributed by atoms with Crippen LogP contribution >= 0.6 is 11.8 Å². The third-order valence-corrected chi connectivity index (χ3v) is 4.94. The minimum absolute atomic E-state index is 0.0887. The summed E-state index contributed by atoms with van der Waals surface area (Å²) in [5.41, 5.74) is 1.54. The van der Waals surface area contributed by atoms with E-state index >= 15 is 0 Å². The largest absolute Gasteiger partial charge is 0.264 e. The first-order valence-corrected chi connectivity index (χ1v) is 8.30. The number of aromatic nitrogens is 1. The van der Waals surface area contributed by atoms with Crippen molar-refractivity contribution in [3.05, 3.63) is 94.8 Å². The molecule has 1 aromatic heterocycles. The SMILES string of the molecule is Cc1ccncc1C(Sc1cc(F)cc(F)c1)c1cc(F)ccc1F. The highest BCUT2D eigenvalue weighted by Crippen LogP contribution is 2.42. The number of pyridine rings is 1. The monoisotopic (exact) mass is 363 g/mol. The number of aryl methyl sites for hydroxylation is 1. The van der Waals surface area contributed by atoms with Gasteiger partial charge in [-0.05, 0) is 54.4 Å². The van der Waals surface area contributed by atoms with Crippen LogP contribution in [0.4, 0.5) is 17.6 Å². The summed E-state index contributed by atoms with van der Waals surface area (Å²) in [5.74, 6) is -2.65. The molecule has 128 valence electrons. The van der Waals surface area contributed by atoms with Gasteiger partial charge in [0.05, 0.1) is 5.25 Å². The molecule has 0 saturated carbocycles. The molecule has 3 rings (SSSR count). The lowest BCUT2D eigenvalue weighted by Crippen LogP contribution is -2.04. The van der Waals surface area contributed by atoms with E-state index in [1.807, 2.05) is 6.92 Å². The first-order valence-electron chi connectivity index (χ1n) is 7.42. The number of halogens is 4. The standard InChI is InChI=1S/C19H13F4NS/c1-11-4-5-24-10-17(11)19(16-9-12(20)2-3-18(16)23)25-15-7-13(21)6-14(22)8-15/h2-10,19H,1H3. The van der Waals surface area contributed by atoms with Crippen molar-refractivity contribution in [2.45, 2.75) is 17.1 Å². The zero-order chi connectivity index (χ0) is 18.0. The first kappa shape index (κ1) is 17.5. The van der Waals surface area contributed by atoms with E-state index in [1.165, 1.54) is 0 Å². The maximum absolute atomic E-state index is 14.3. The Balaban J connectivity index is 2.12. The molecular weight excluding hydrogens is 350 g/mol. The smallest absolute Gasteiger partial charge is 0.128 e. The van der Waals surface area contributed by atoms with Crippen molar-refractivity contribution in [2.24, 2.45) is 0 Å². The lowest BCUT2D eigenvalue weighted by molar-refractivity contribution is 0.577. The predicted octanol–water partition coefficient (Wildman–Crippen LogP) is 5.83. The minimum Gasteiger partial charge on any atom is -0.264 e. The molecule has 6 heteroatoms. The van der Waals surface area contributed by atoms with Crippen LogP contribution in [0.3, 0.4) is 0 Å². The normalized spacial score (nSPS) is 12.2. The lowest BCUT2D eigenvalue weighted by atomic mass is 10.0. The highest BCUT2D eigenvalue weighted by Gasteiger charge is 2.22. The number of rotatable bonds is 4. The second-order valence-corrected chi connectivity index (χ2v) is 6.68. The average molecular weight is 363 g/mol. The van der Waals surface area contributed by atoms with Crippen molar-refractivity contribution in [1.29, 1.82) is 0 Å². The lowest BCUT2D eigenvalue weighted by Gasteiger charge is -2.20. The molecule has 1 unspecified atom stereocenters. The Morgan fingerprint density at radius 3 is 2.24 bits per heavy atom. The molecule has 3 aromatic rings. The average Bonchev–Trinajstić information content (AvgIpc) is 2.55. The molecule has 0 bridgehead atoms. The summed E-state index contributed by atoms with van der Waals surface area (Å²) in [5, 5.41) is -0.703. The van der Waals surface area contributed by atoms with E-state index < -0.39 is 28.5 Å². The molecule has 0 aliphatic heterocycles. The Bertz CT molecular complexity index is 893. The van der Waals surface area contributed by atoms with Gasteiger partial charge in [0, 0.05) is 28.9 Å². The summed E-state index contributed by atoms with van der Waals surface area (Å²) in [7, 11) is 0. The third-order valence-electron chi connectivity index (χ3n) is 3.69. The topological polar surface area (TPSA) is 12.9 Å². The Kier molecular flexibility index (Phi) is 5.08. The van der Waals surface area contributed by atoms with Crippen molar-refractivity contribution < 1.29 is 17.6 Å². The molecule has 0 radical (unpaired) electrons. The number of benzene rings is 2. The molecule has 0 aliphatic carbocycles. The van der Waals surface area contributed by atoms with Crippen LogP contribution in [0.25, 0.3) is 0 Å². The highest BCUT2D eigenvalue weighted by atomic mass is 32.2. The van der Waals surface area contributed by atoms with Gasteiger partial charge in [0.25, 0.3) is 0 Å². The summed E-state index contributed by atoms with van der Waals surface area (Å²) >= 11 is 1.03. The zero-order valence-corrected chi connectivity index (χ0v) is 14.0. The molecule has 0 amide bonds. The second kappa shape index (κ2) is 7.27. The van der Waals surface area contributed by atoms with E-state index in [2.05, 4.69) is 4.98 Å². The molecular formula is C19H13F4NS. The van der Waals surface area contributed by atoms with Gasteiger partial charge in [0.15, 0.2) is 0 Å². The Morgan fingerprint density at radius 2 is 1.56 bits per heavy atom. The van der Waals surface area contributed by atoms with Crippen molar-refractivity contribution >= 4 is 11.8 Å². The van der Waals surface area contributed by atoms with Gasteiger partial charge in [-0.15, -0.1) is 11.8 Å². The number of hydrogen-bond donors (Lipinski definition) is 0. The quantitative estimate of drug-likeness (QED) is 0.427. The van der Waals surface area contributed by atoms with Gasteiger partial charge < -0.3 is 0 Å². The summed E-state index contributed by atoms with van der Waals surface area (Å²) < 4.78 is 55.0. The summed E-state index contributed by atoms with van der Waals surface area (Å²) in [6.07, 6.45) is 3.14. The van der Waals surface area contributed by atoms with Crippen LogP contribution in [0.5, 0.6) is 0 Å². The van der Waals surface area contributed by atoms with E-state index in [4.69, 9.17) is 0 Å². The fraction of sp³-hybridized carbons (Fsp3) is 0.105. The predicted molar refractivity (Wildman–Crippen MR) is 89.4 cm³/mol. The maximum Gasteiger partial charge on any atom is 0.128 e. The van der Waals surface area contributed by atoms with Crippen LogP contribution in [0, 0.1) is 30.2 Å². The van der Waals surface area contributed by atoms with Crippen LogP contribution in [0.2, 0.25) is 0 Å². The number of nitrogens with zero attached hydrogens (tertiary/aromatic N) is 1. The van der Waals surface area contributed by atoms with Gasteiger partial charge in [-0.1, -0.05) is 0 Å². The number of thioether (sulfide) groups is 1. The van der Waals surface area contributed by atoms with E-state index in [-0.39, 0.29) is 10.5 Å². The molecule has 1 atom stereocenters. The molecule has 2 aromatic carbocycles. The fourth-order valence-electron chi connectivity index (χ4n) is 2.49.